The molecule has 3 N–H and O–H groups in total. The van der Waals surface area contributed by atoms with Crippen molar-refractivity contribution < 1.29 is 26.4 Å². The molecule has 0 radical (unpaired) electrons. The summed E-state index contributed by atoms with van der Waals surface area (Å²) in [5, 5.41) is 4.07. The molecule has 0 spiro atoms. The van der Waals surface area contributed by atoms with Crippen LogP contribution in [0.15, 0.2) is 144 Å². The van der Waals surface area contributed by atoms with E-state index in [0.29, 0.717) is 33.9 Å². The van der Waals surface area contributed by atoms with Gasteiger partial charge in [-0.05, 0) is 80.9 Å². The van der Waals surface area contributed by atoms with Gasteiger partial charge in [0.25, 0.3) is 20.0 Å². The Morgan fingerprint density at radius 3 is 1.68 bits per heavy atom. The first-order valence-corrected chi connectivity index (χ1v) is 20.4. The number of aryl methyl sites for hydroxylation is 2. The van der Waals surface area contributed by atoms with Crippen LogP contribution in [0, 0.1) is 13.8 Å². The van der Waals surface area contributed by atoms with Crippen LogP contribution < -0.4 is 11.1 Å². The minimum Gasteiger partial charge on any atom is -0.450 e. The zero-order valence-electron chi connectivity index (χ0n) is 30.9. The number of ether oxygens (including phenoxy) is 1. The standard InChI is InChI=1S/C22H20N4O4S.C19H16N4O2S.2CH4/c1-3-30-22(27)25-20-13-16(9-11-23-20)19-14-24-15(2)21-18(19)10-12-26(21)31(28,29)17-7-5-4-6-8-17;1-13-19-17(18(12-22-13)14-9-15(20)11-21-10-14)7-8-23(19)26(24,25)16-5-3-2-4-6-16;;/h4-14H,3H2,1-2H3,(H,23,25,27);2-12H,20H2,1H3;2*1H4. The van der Waals surface area contributed by atoms with Crippen LogP contribution in [0.2, 0.25) is 0 Å². The minimum absolute atomic E-state index is 0. The van der Waals surface area contributed by atoms with E-state index in [-0.39, 0.29) is 31.3 Å². The molecule has 2 aromatic carbocycles. The third-order valence-corrected chi connectivity index (χ3v) is 12.4. The number of rotatable bonds is 8. The molecule has 0 aliphatic heterocycles. The zero-order valence-corrected chi connectivity index (χ0v) is 32.6. The van der Waals surface area contributed by atoms with Crippen LogP contribution in [-0.4, -0.2) is 57.4 Å². The maximum atomic E-state index is 13.2. The summed E-state index contributed by atoms with van der Waals surface area (Å²) in [5.41, 5.74) is 11.7. The molecule has 0 atom stereocenters. The Balaban J connectivity index is 0.000000220. The lowest BCUT2D eigenvalue weighted by atomic mass is 10.0. The van der Waals surface area contributed by atoms with Crippen molar-refractivity contribution in [2.45, 2.75) is 45.4 Å². The summed E-state index contributed by atoms with van der Waals surface area (Å²) in [5.74, 6) is 0.320. The lowest BCUT2D eigenvalue weighted by Gasteiger charge is -2.11. The molecule has 0 aliphatic carbocycles. The molecule has 0 bridgehead atoms. The Hall–Kier alpha value is -6.91. The van der Waals surface area contributed by atoms with Crippen LogP contribution in [0.4, 0.5) is 16.3 Å². The SMILES string of the molecule is C.C.CCOC(=O)Nc1cc(-c2cnc(C)c3c2ccn3S(=O)(=O)c2ccccc2)ccn1.Cc1ncc(-c2cncc(N)c2)c2ccn(S(=O)(=O)c3ccccc3)c12. The van der Waals surface area contributed by atoms with Gasteiger partial charge in [0.15, 0.2) is 0 Å². The smallest absolute Gasteiger partial charge is 0.412 e. The van der Waals surface area contributed by atoms with Crippen LogP contribution in [-0.2, 0) is 24.8 Å². The summed E-state index contributed by atoms with van der Waals surface area (Å²) in [6, 6.07) is 25.4. The summed E-state index contributed by atoms with van der Waals surface area (Å²) in [4.78, 5) is 29.2. The molecule has 0 fully saturated rings. The van der Waals surface area contributed by atoms with Crippen molar-refractivity contribution in [1.29, 1.82) is 0 Å². The van der Waals surface area contributed by atoms with E-state index in [1.807, 2.05) is 0 Å². The lowest BCUT2D eigenvalue weighted by Crippen LogP contribution is -2.14. The van der Waals surface area contributed by atoms with Crippen LogP contribution in [0.5, 0.6) is 0 Å². The fourth-order valence-corrected chi connectivity index (χ4v) is 9.21. The van der Waals surface area contributed by atoms with E-state index < -0.39 is 26.1 Å². The highest BCUT2D eigenvalue weighted by atomic mass is 32.2. The Kier molecular flexibility index (Phi) is 13.0. The number of aromatic nitrogens is 6. The summed E-state index contributed by atoms with van der Waals surface area (Å²) in [6.07, 6.45) is 10.7. The number of hydrogen-bond donors (Lipinski definition) is 2. The van der Waals surface area contributed by atoms with Gasteiger partial charge >= 0.3 is 6.09 Å². The topological polar surface area (TPSA) is 194 Å². The van der Waals surface area contributed by atoms with Gasteiger partial charge in [-0.2, -0.15) is 0 Å². The van der Waals surface area contributed by atoms with Crippen LogP contribution >= 0.6 is 0 Å². The van der Waals surface area contributed by atoms with Gasteiger partial charge in [0.1, 0.15) is 5.82 Å². The number of carbonyl (C=O) groups excluding carboxylic acids is 1. The van der Waals surface area contributed by atoms with Gasteiger partial charge < -0.3 is 10.5 Å². The van der Waals surface area contributed by atoms with Gasteiger partial charge in [-0.1, -0.05) is 51.3 Å². The Labute approximate surface area is 343 Å². The number of nitrogens with zero attached hydrogens (tertiary/aromatic N) is 6. The van der Waals surface area contributed by atoms with Gasteiger partial charge in [-0.25, -0.2) is 34.6 Å². The molecule has 59 heavy (non-hydrogen) atoms. The maximum Gasteiger partial charge on any atom is 0.412 e. The molecule has 8 aromatic rings. The minimum atomic E-state index is -3.78. The fourth-order valence-electron chi connectivity index (χ4n) is 6.37. The monoisotopic (exact) mass is 832 g/mol. The molecule has 0 unspecified atom stereocenters. The number of amides is 1. The van der Waals surface area contributed by atoms with Crippen LogP contribution in [0.1, 0.15) is 33.2 Å². The maximum absolute atomic E-state index is 13.2. The number of benzene rings is 2. The van der Waals surface area contributed by atoms with Crippen molar-refractivity contribution in [2.75, 3.05) is 17.7 Å². The van der Waals surface area contributed by atoms with Crippen LogP contribution in [0.25, 0.3) is 44.1 Å². The summed E-state index contributed by atoms with van der Waals surface area (Å²) in [7, 11) is -7.50. The average molecular weight is 833 g/mol. The first-order valence-electron chi connectivity index (χ1n) is 17.6. The molecule has 6 aromatic heterocycles. The van der Waals surface area contributed by atoms with Gasteiger partial charge in [-0.15, -0.1) is 0 Å². The number of nitrogens with one attached hydrogen (secondary N) is 1. The van der Waals surface area contributed by atoms with Gasteiger partial charge in [0.05, 0.1) is 44.5 Å². The predicted molar refractivity (Wildman–Crippen MR) is 232 cm³/mol. The Morgan fingerprint density at radius 2 is 1.19 bits per heavy atom. The molecule has 0 aliphatic rings. The first-order chi connectivity index (χ1) is 27.4. The highest BCUT2D eigenvalue weighted by Gasteiger charge is 2.23. The second-order valence-electron chi connectivity index (χ2n) is 12.7. The second-order valence-corrected chi connectivity index (χ2v) is 16.3. The number of anilines is 2. The number of nitrogen functional groups attached to an aromatic ring is 1. The predicted octanol–water partition coefficient (Wildman–Crippen LogP) is 8.71. The van der Waals surface area contributed by atoms with Crippen molar-refractivity contribution in [2.24, 2.45) is 0 Å². The summed E-state index contributed by atoms with van der Waals surface area (Å²) >= 11 is 0. The molecule has 16 heteroatoms. The number of hydrogen-bond acceptors (Lipinski definition) is 11. The number of fused-ring (bicyclic) bond motifs is 2. The number of pyridine rings is 4. The molecule has 14 nitrogen and oxygen atoms in total. The molecular formula is C43H44N8O6S2. The van der Waals surface area contributed by atoms with Gasteiger partial charge in [0, 0.05) is 70.8 Å². The molecular weight excluding hydrogens is 789 g/mol. The van der Waals surface area contributed by atoms with Crippen molar-refractivity contribution in [3.63, 3.8) is 0 Å². The van der Waals surface area contributed by atoms with E-state index in [9.17, 15) is 21.6 Å². The van der Waals surface area contributed by atoms with Gasteiger partial charge in [0.2, 0.25) is 0 Å². The van der Waals surface area contributed by atoms with Crippen molar-refractivity contribution in [3.8, 4) is 22.3 Å². The second kappa shape index (κ2) is 17.7. The third-order valence-electron chi connectivity index (χ3n) is 8.99. The lowest BCUT2D eigenvalue weighted by molar-refractivity contribution is 0.168. The van der Waals surface area contributed by atoms with E-state index >= 15 is 0 Å². The molecule has 8 rings (SSSR count). The highest BCUT2D eigenvalue weighted by Crippen LogP contribution is 2.34. The first kappa shape index (κ1) is 43.2. The van der Waals surface area contributed by atoms with Crippen molar-refractivity contribution in [1.82, 2.24) is 27.9 Å². The van der Waals surface area contributed by atoms with Gasteiger partial charge in [-0.3, -0.25) is 20.3 Å². The number of carbonyl (C=O) groups is 1. The van der Waals surface area contributed by atoms with E-state index in [4.69, 9.17) is 10.5 Å². The molecule has 0 saturated heterocycles. The molecule has 304 valence electrons. The van der Waals surface area contributed by atoms with Crippen molar-refractivity contribution in [3.05, 3.63) is 146 Å². The summed E-state index contributed by atoms with van der Waals surface area (Å²) < 4.78 is 60.0. The normalized spacial score (nSPS) is 11.2. The quantitative estimate of drug-likeness (QED) is 0.149. The van der Waals surface area contributed by atoms with E-state index in [1.165, 1.54) is 14.1 Å². The third kappa shape index (κ3) is 8.54. The fraction of sp³-hybridized carbons (Fsp3) is 0.140. The Morgan fingerprint density at radius 1 is 0.678 bits per heavy atom. The van der Waals surface area contributed by atoms with E-state index in [2.05, 4.69) is 25.3 Å². The zero-order chi connectivity index (χ0) is 40.3. The molecule has 1 amide bonds. The van der Waals surface area contributed by atoms with Crippen molar-refractivity contribution >= 4 is 59.5 Å². The molecule has 0 saturated carbocycles. The summed E-state index contributed by atoms with van der Waals surface area (Å²) in [6.45, 7) is 5.52. The highest BCUT2D eigenvalue weighted by molar-refractivity contribution is 7.90. The number of nitrogens with two attached hydrogens (primary N) is 1. The molecule has 6 heterocycles. The van der Waals surface area contributed by atoms with E-state index in [1.54, 1.807) is 149 Å². The van der Waals surface area contributed by atoms with E-state index in [0.717, 1.165) is 33.0 Å². The largest absolute Gasteiger partial charge is 0.450 e. The average Bonchev–Trinajstić information content (AvgIpc) is 3.88. The Bertz CT molecular complexity index is 2990. The van der Waals surface area contributed by atoms with Crippen LogP contribution in [0.3, 0.4) is 0 Å².